The van der Waals surface area contributed by atoms with Crippen molar-refractivity contribution >= 4 is 74.7 Å². The van der Waals surface area contributed by atoms with Gasteiger partial charge in [-0.15, -0.1) is 0 Å². The van der Waals surface area contributed by atoms with Gasteiger partial charge in [0, 0.05) is 87.7 Å². The molecule has 3 aromatic heterocycles. The summed E-state index contributed by atoms with van der Waals surface area (Å²) in [6.45, 7) is 4.76. The standard InChI is InChI=1S/C44H47Cl2FN10O5/c1-25(17-29-32(45)23-50-24-33(29)46)62-27-4-6-35-31(18-27)42(54-53-35)26-3-7-38(51-22-26)56-13-15-57(16-14-56)40(59)21-44(61)9-11-55(12-10-44)37-20-36(49-2)30(19-34(37)47)41(48)28-5-8-39(58)52-43(28)60/h3-4,6-7,18-20,22-25,28,48-49,61H,5,8-17,21H2,1-2H3,(H,53,54)(H,52,58,60)/p+1/t25-,28?/m1/s1. The van der Waals surface area contributed by atoms with Gasteiger partial charge in [0.15, 0.2) is 0 Å². The van der Waals surface area contributed by atoms with Gasteiger partial charge in [-0.3, -0.25) is 29.8 Å². The molecule has 1 unspecified atom stereocenters. The monoisotopic (exact) mass is 885 g/mol. The molecule has 6 N–H and O–H groups in total. The van der Waals surface area contributed by atoms with Gasteiger partial charge in [-0.1, -0.05) is 23.2 Å². The van der Waals surface area contributed by atoms with E-state index in [0.717, 1.165) is 33.5 Å². The molecule has 15 nitrogen and oxygen atoms in total. The Bertz CT molecular complexity index is 2500. The Labute approximate surface area is 367 Å². The Morgan fingerprint density at radius 1 is 1.03 bits per heavy atom. The first-order valence-corrected chi connectivity index (χ1v) is 21.5. The summed E-state index contributed by atoms with van der Waals surface area (Å²) >= 11 is 12.7. The van der Waals surface area contributed by atoms with Crippen LogP contribution in [0.15, 0.2) is 61.1 Å². The summed E-state index contributed by atoms with van der Waals surface area (Å²) in [6.07, 6.45) is 6.10. The molecular weight excluding hydrogens is 838 g/mol. The number of imide groups is 1. The number of nitrogens with one attached hydrogen (secondary N) is 3. The van der Waals surface area contributed by atoms with Gasteiger partial charge in [-0.05, 0) is 68.1 Å². The Hall–Kier alpha value is -5.68. The van der Waals surface area contributed by atoms with E-state index in [4.69, 9.17) is 38.3 Å². The highest BCUT2D eigenvalue weighted by Crippen LogP contribution is 2.35. The topological polar surface area (TPSA) is 197 Å². The molecule has 8 rings (SSSR count). The molecule has 62 heavy (non-hydrogen) atoms. The minimum atomic E-state index is -1.23. The predicted octanol–water partition coefficient (Wildman–Crippen LogP) is 4.79. The van der Waals surface area contributed by atoms with Crippen LogP contribution in [-0.4, -0.2) is 112 Å². The van der Waals surface area contributed by atoms with Gasteiger partial charge in [-0.25, -0.2) is 9.37 Å². The highest BCUT2D eigenvalue weighted by atomic mass is 35.5. The number of hydrogen-bond donors (Lipinski definition) is 5. The van der Waals surface area contributed by atoms with Crippen LogP contribution in [0.2, 0.25) is 10.0 Å². The molecule has 18 heteroatoms. The molecule has 2 aromatic carbocycles. The summed E-state index contributed by atoms with van der Waals surface area (Å²) in [7, 11) is 1.78. The predicted molar refractivity (Wildman–Crippen MR) is 234 cm³/mol. The van der Waals surface area contributed by atoms with E-state index in [1.807, 2.05) is 42.2 Å². The number of aliphatic hydroxyl groups is 1. The van der Waals surface area contributed by atoms with Crippen LogP contribution in [0, 0.1) is 17.1 Å². The number of ether oxygens (including phenoxy) is 1. The average molecular weight is 887 g/mol. The lowest BCUT2D eigenvalue weighted by Gasteiger charge is -2.41. The molecule has 3 fully saturated rings. The summed E-state index contributed by atoms with van der Waals surface area (Å²) in [5.41, 5.74) is 3.21. The zero-order chi connectivity index (χ0) is 43.7. The number of nitrogens with two attached hydrogens (primary N) is 1. The Balaban J connectivity index is 0.834. The Morgan fingerprint density at radius 3 is 2.45 bits per heavy atom. The van der Waals surface area contributed by atoms with Gasteiger partial charge in [0.1, 0.15) is 34.9 Å². The Kier molecular flexibility index (Phi) is 12.5. The summed E-state index contributed by atoms with van der Waals surface area (Å²) in [6, 6.07) is 12.6. The van der Waals surface area contributed by atoms with Crippen molar-refractivity contribution in [3.05, 3.63) is 88.0 Å². The molecule has 2 atom stereocenters. The van der Waals surface area contributed by atoms with Gasteiger partial charge in [0.2, 0.25) is 17.7 Å². The quantitative estimate of drug-likeness (QED) is 0.0660. The van der Waals surface area contributed by atoms with Crippen LogP contribution in [0.3, 0.4) is 0 Å². The normalized spacial score (nSPS) is 18.5. The minimum absolute atomic E-state index is 0.0248. The first-order chi connectivity index (χ1) is 29.8. The molecule has 3 aliphatic heterocycles. The molecular formula is C44H48Cl2FN10O5+. The number of H-pyrrole nitrogens is 1. The van der Waals surface area contributed by atoms with Crippen molar-refractivity contribution in [1.82, 2.24) is 30.4 Å². The summed E-state index contributed by atoms with van der Waals surface area (Å²) in [4.78, 5) is 52.1. The number of aromatic nitrogens is 4. The number of pyridine rings is 2. The maximum absolute atomic E-state index is 15.6. The summed E-state index contributed by atoms with van der Waals surface area (Å²) in [5.74, 6) is -0.951. The fraction of sp³-hybridized carbons (Fsp3) is 0.386. The van der Waals surface area contributed by atoms with Gasteiger partial charge in [0.25, 0.3) is 0 Å². The third-order valence-corrected chi connectivity index (χ3v) is 12.8. The van der Waals surface area contributed by atoms with Crippen LogP contribution in [-0.2, 0) is 20.8 Å². The van der Waals surface area contributed by atoms with E-state index in [9.17, 15) is 19.5 Å². The molecule has 3 saturated heterocycles. The number of quaternary nitrogens is 1. The highest BCUT2D eigenvalue weighted by molar-refractivity contribution is 6.35. The molecule has 0 radical (unpaired) electrons. The molecule has 3 amide bonds. The van der Waals surface area contributed by atoms with Crippen LogP contribution in [0.25, 0.3) is 22.2 Å². The lowest BCUT2D eigenvalue weighted by Crippen LogP contribution is -2.73. The van der Waals surface area contributed by atoms with Crippen LogP contribution >= 0.6 is 23.2 Å². The molecule has 0 saturated carbocycles. The SMILES string of the molecule is C[NH2+]c1cc(N2CCC(O)(CC(=O)N3CCN(c4ccc(-c5n[nH]c6ccc(O[C@H](C)Cc7c(Cl)cncc7Cl)cc56)cn4)CC3)CC2)c(F)cc1C(=N)C1CCC(=O)NC1=O. The number of halogens is 3. The molecule has 0 spiro atoms. The van der Waals surface area contributed by atoms with Crippen molar-refractivity contribution in [2.45, 2.75) is 57.2 Å². The van der Waals surface area contributed by atoms with Crippen molar-refractivity contribution in [3.8, 4) is 17.0 Å². The minimum Gasteiger partial charge on any atom is -0.490 e. The van der Waals surface area contributed by atoms with Crippen molar-refractivity contribution in [2.24, 2.45) is 5.92 Å². The number of carbonyl (C=O) groups excluding carboxylic acids is 3. The first-order valence-electron chi connectivity index (χ1n) is 20.7. The van der Waals surface area contributed by atoms with Crippen LogP contribution in [0.1, 0.15) is 50.2 Å². The lowest BCUT2D eigenvalue weighted by atomic mass is 9.86. The summed E-state index contributed by atoms with van der Waals surface area (Å²) in [5, 5.41) is 33.8. The van der Waals surface area contributed by atoms with Crippen LogP contribution in [0.4, 0.5) is 21.6 Å². The van der Waals surface area contributed by atoms with Crippen molar-refractivity contribution in [1.29, 1.82) is 5.41 Å². The van der Waals surface area contributed by atoms with E-state index >= 15 is 4.39 Å². The average Bonchev–Trinajstić information content (AvgIpc) is 3.68. The number of rotatable bonds is 12. The second kappa shape index (κ2) is 18.0. The Morgan fingerprint density at radius 2 is 1.77 bits per heavy atom. The molecule has 324 valence electrons. The molecule has 0 aliphatic carbocycles. The van der Waals surface area contributed by atoms with Gasteiger partial charge in [-0.2, -0.15) is 5.10 Å². The van der Waals surface area contributed by atoms with Crippen LogP contribution in [0.5, 0.6) is 5.75 Å². The number of anilines is 2. The number of piperidine rings is 2. The van der Waals surface area contributed by atoms with Gasteiger partial charge >= 0.3 is 0 Å². The molecule has 5 aromatic rings. The second-order valence-corrected chi connectivity index (χ2v) is 17.1. The number of hydrogen-bond acceptors (Lipinski definition) is 11. The number of amides is 3. The highest BCUT2D eigenvalue weighted by Gasteiger charge is 2.38. The van der Waals surface area contributed by atoms with Gasteiger partial charge in [0.05, 0.1) is 57.5 Å². The van der Waals surface area contributed by atoms with E-state index in [1.165, 1.54) is 6.07 Å². The van der Waals surface area contributed by atoms with Crippen molar-refractivity contribution < 1.29 is 33.9 Å². The van der Waals surface area contributed by atoms with Crippen molar-refractivity contribution in [2.75, 3.05) is 56.1 Å². The molecule has 3 aliphatic rings. The first kappa shape index (κ1) is 43.0. The fourth-order valence-electron chi connectivity index (χ4n) is 8.56. The van der Waals surface area contributed by atoms with E-state index in [0.29, 0.717) is 78.4 Å². The van der Waals surface area contributed by atoms with Crippen LogP contribution < -0.4 is 25.2 Å². The smallest absolute Gasteiger partial charge is 0.235 e. The second-order valence-electron chi connectivity index (χ2n) is 16.3. The number of fused-ring (bicyclic) bond motifs is 1. The number of nitrogens with zero attached hydrogens (tertiary/aromatic N) is 6. The van der Waals surface area contributed by atoms with E-state index in [2.05, 4.69) is 25.4 Å². The fourth-order valence-corrected chi connectivity index (χ4v) is 9.08. The third kappa shape index (κ3) is 9.09. The number of benzene rings is 2. The van der Waals surface area contributed by atoms with Gasteiger partial charge < -0.3 is 35.3 Å². The maximum atomic E-state index is 15.6. The third-order valence-electron chi connectivity index (χ3n) is 12.1. The largest absolute Gasteiger partial charge is 0.490 e. The summed E-state index contributed by atoms with van der Waals surface area (Å²) < 4.78 is 21.9. The number of aromatic amines is 1. The van der Waals surface area contributed by atoms with Crippen molar-refractivity contribution in [3.63, 3.8) is 0 Å². The maximum Gasteiger partial charge on any atom is 0.235 e. The van der Waals surface area contributed by atoms with E-state index in [-0.39, 0.29) is 55.7 Å². The molecule has 0 bridgehead atoms. The molecule has 6 heterocycles. The van der Waals surface area contributed by atoms with E-state index in [1.54, 1.807) is 41.9 Å². The zero-order valence-corrected chi connectivity index (χ0v) is 35.9. The lowest BCUT2D eigenvalue weighted by molar-refractivity contribution is -0.539. The van der Waals surface area contributed by atoms with E-state index < -0.39 is 23.2 Å². The number of carbonyl (C=O) groups is 3. The zero-order valence-electron chi connectivity index (χ0n) is 34.4. The number of piperazine rings is 1.